The van der Waals surface area contributed by atoms with E-state index in [9.17, 15) is 0 Å². The maximum atomic E-state index is 3.61. The molecule has 0 aromatic heterocycles. The van der Waals surface area contributed by atoms with Crippen LogP contribution < -0.4 is 10.6 Å². The summed E-state index contributed by atoms with van der Waals surface area (Å²) in [5.74, 6) is 2.46. The molecule has 0 aromatic rings. The fraction of sp³-hybridized carbons (Fsp3) is 1.00. The third kappa shape index (κ3) is 4.12. The highest BCUT2D eigenvalue weighted by atomic mass is 15.0. The van der Waals surface area contributed by atoms with Gasteiger partial charge in [0, 0.05) is 0 Å². The topological polar surface area (TPSA) is 24.1 Å². The Hall–Kier alpha value is -0.0800. The first kappa shape index (κ1) is 13.0. The van der Waals surface area contributed by atoms with Gasteiger partial charge in [-0.15, -0.1) is 0 Å². The van der Waals surface area contributed by atoms with Crippen LogP contribution in [0.5, 0.6) is 0 Å². The summed E-state index contributed by atoms with van der Waals surface area (Å²) in [6, 6.07) is 0. The van der Waals surface area contributed by atoms with Gasteiger partial charge in [0.25, 0.3) is 0 Å². The summed E-state index contributed by atoms with van der Waals surface area (Å²) in [5.41, 5.74) is 0.425. The van der Waals surface area contributed by atoms with E-state index in [0.717, 1.165) is 24.3 Å². The monoisotopic (exact) mass is 212 g/mol. The van der Waals surface area contributed by atoms with E-state index >= 15 is 0 Å². The van der Waals surface area contributed by atoms with E-state index in [4.69, 9.17) is 0 Å². The molecule has 2 nitrogen and oxygen atoms in total. The summed E-state index contributed by atoms with van der Waals surface area (Å²) in [5, 5.41) is 6.95. The van der Waals surface area contributed by atoms with Gasteiger partial charge in [-0.2, -0.15) is 0 Å². The van der Waals surface area contributed by atoms with Gasteiger partial charge in [-0.3, -0.25) is 0 Å². The van der Waals surface area contributed by atoms with Gasteiger partial charge < -0.3 is 10.6 Å². The lowest BCUT2D eigenvalue weighted by Crippen LogP contribution is -2.48. The molecule has 0 aromatic carbocycles. The van der Waals surface area contributed by atoms with Gasteiger partial charge in [0.15, 0.2) is 0 Å². The van der Waals surface area contributed by atoms with E-state index in [1.807, 2.05) is 0 Å². The molecule has 1 rings (SSSR count). The molecule has 0 saturated carbocycles. The van der Waals surface area contributed by atoms with E-state index in [0.29, 0.717) is 5.41 Å². The zero-order chi connectivity index (χ0) is 11.5. The van der Waals surface area contributed by atoms with Gasteiger partial charge in [0.2, 0.25) is 0 Å². The lowest BCUT2D eigenvalue weighted by molar-refractivity contribution is 0.220. The molecule has 1 saturated heterocycles. The van der Waals surface area contributed by atoms with Crippen molar-refractivity contribution in [1.82, 2.24) is 10.6 Å². The van der Waals surface area contributed by atoms with Gasteiger partial charge in [-0.25, -0.2) is 0 Å². The first-order chi connectivity index (χ1) is 6.91. The number of rotatable bonds is 5. The van der Waals surface area contributed by atoms with Crippen molar-refractivity contribution in [3.63, 3.8) is 0 Å². The maximum Gasteiger partial charge on any atom is -0.000522 e. The highest BCUT2D eigenvalue weighted by Gasteiger charge is 2.24. The predicted octanol–water partition coefficient (Wildman–Crippen LogP) is 2.11. The summed E-state index contributed by atoms with van der Waals surface area (Å²) in [7, 11) is 0. The Balaban J connectivity index is 2.10. The van der Waals surface area contributed by atoms with Crippen molar-refractivity contribution in [3.8, 4) is 0 Å². The van der Waals surface area contributed by atoms with Gasteiger partial charge >= 0.3 is 0 Å². The van der Waals surface area contributed by atoms with Crippen LogP contribution in [0.4, 0.5) is 0 Å². The van der Waals surface area contributed by atoms with Gasteiger partial charge in [0.1, 0.15) is 0 Å². The normalized spacial score (nSPS) is 22.2. The van der Waals surface area contributed by atoms with Crippen molar-refractivity contribution >= 4 is 0 Å². The number of hydrogen-bond donors (Lipinski definition) is 2. The third-order valence-electron chi connectivity index (χ3n) is 4.01. The van der Waals surface area contributed by atoms with Gasteiger partial charge in [-0.1, -0.05) is 34.6 Å². The molecule has 0 amide bonds. The summed E-state index contributed by atoms with van der Waals surface area (Å²) in [6.07, 6.45) is 0. The lowest BCUT2D eigenvalue weighted by atomic mass is 9.82. The van der Waals surface area contributed by atoms with E-state index in [-0.39, 0.29) is 0 Å². The molecule has 1 aliphatic rings. The molecular weight excluding hydrogens is 184 g/mol. The van der Waals surface area contributed by atoms with Crippen molar-refractivity contribution in [2.75, 3.05) is 26.2 Å². The molecule has 1 aliphatic heterocycles. The SMILES string of the molecule is CC(CNCC(C)C(C)(C)C)C1CNC1. The van der Waals surface area contributed by atoms with Crippen molar-refractivity contribution in [2.24, 2.45) is 23.2 Å². The van der Waals surface area contributed by atoms with E-state index < -0.39 is 0 Å². The summed E-state index contributed by atoms with van der Waals surface area (Å²) in [6.45, 7) is 16.4. The van der Waals surface area contributed by atoms with Crippen LogP contribution in [0.15, 0.2) is 0 Å². The average molecular weight is 212 g/mol. The molecule has 1 fully saturated rings. The number of nitrogens with one attached hydrogen (secondary N) is 2. The fourth-order valence-electron chi connectivity index (χ4n) is 1.71. The summed E-state index contributed by atoms with van der Waals surface area (Å²) < 4.78 is 0. The minimum atomic E-state index is 0.425. The second-order valence-corrected chi connectivity index (χ2v) is 6.32. The van der Waals surface area contributed by atoms with Crippen molar-refractivity contribution in [2.45, 2.75) is 34.6 Å². The number of hydrogen-bond acceptors (Lipinski definition) is 2. The smallest absolute Gasteiger partial charge is 0.000522 e. The zero-order valence-corrected chi connectivity index (χ0v) is 11.1. The molecule has 1 heterocycles. The van der Waals surface area contributed by atoms with Crippen molar-refractivity contribution in [3.05, 3.63) is 0 Å². The zero-order valence-electron chi connectivity index (χ0n) is 11.1. The lowest BCUT2D eigenvalue weighted by Gasteiger charge is -2.34. The second-order valence-electron chi connectivity index (χ2n) is 6.32. The van der Waals surface area contributed by atoms with E-state index in [2.05, 4.69) is 45.3 Å². The van der Waals surface area contributed by atoms with Crippen LogP contribution in [-0.4, -0.2) is 26.2 Å². The Labute approximate surface area is 95.2 Å². The van der Waals surface area contributed by atoms with Gasteiger partial charge in [0.05, 0.1) is 0 Å². The Morgan fingerprint density at radius 2 is 1.80 bits per heavy atom. The Morgan fingerprint density at radius 1 is 1.20 bits per heavy atom. The Morgan fingerprint density at radius 3 is 2.20 bits per heavy atom. The predicted molar refractivity (Wildman–Crippen MR) is 67.0 cm³/mol. The van der Waals surface area contributed by atoms with Crippen LogP contribution in [0.3, 0.4) is 0 Å². The van der Waals surface area contributed by atoms with Gasteiger partial charge in [-0.05, 0) is 49.3 Å². The minimum absolute atomic E-state index is 0.425. The summed E-state index contributed by atoms with van der Waals surface area (Å²) in [4.78, 5) is 0. The van der Waals surface area contributed by atoms with Crippen molar-refractivity contribution in [1.29, 1.82) is 0 Å². The van der Waals surface area contributed by atoms with Crippen molar-refractivity contribution < 1.29 is 0 Å². The van der Waals surface area contributed by atoms with E-state index in [1.54, 1.807) is 0 Å². The highest BCUT2D eigenvalue weighted by molar-refractivity contribution is 4.81. The standard InChI is InChI=1S/C13H28N2/c1-10(12-8-15-9-12)6-14-7-11(2)13(3,4)5/h10-12,14-15H,6-9H2,1-5H3. The molecule has 0 spiro atoms. The van der Waals surface area contributed by atoms with Crippen LogP contribution >= 0.6 is 0 Å². The molecule has 2 atom stereocenters. The summed E-state index contributed by atoms with van der Waals surface area (Å²) >= 11 is 0. The van der Waals surface area contributed by atoms with E-state index in [1.165, 1.54) is 19.6 Å². The van der Waals surface area contributed by atoms with Crippen LogP contribution in [-0.2, 0) is 0 Å². The molecule has 15 heavy (non-hydrogen) atoms. The van der Waals surface area contributed by atoms with Crippen LogP contribution in [0.25, 0.3) is 0 Å². The Bertz CT molecular complexity index is 179. The molecule has 90 valence electrons. The molecule has 0 bridgehead atoms. The molecular formula is C13H28N2. The van der Waals surface area contributed by atoms with Crippen LogP contribution in [0.2, 0.25) is 0 Å². The highest BCUT2D eigenvalue weighted by Crippen LogP contribution is 2.24. The second kappa shape index (κ2) is 5.31. The molecule has 2 unspecified atom stereocenters. The molecule has 0 aliphatic carbocycles. The largest absolute Gasteiger partial charge is 0.316 e. The van der Waals surface area contributed by atoms with Crippen LogP contribution in [0, 0.1) is 23.2 Å². The Kier molecular flexibility index (Phi) is 4.60. The molecule has 2 N–H and O–H groups in total. The quantitative estimate of drug-likeness (QED) is 0.729. The fourth-order valence-corrected chi connectivity index (χ4v) is 1.71. The first-order valence-electron chi connectivity index (χ1n) is 6.32. The maximum absolute atomic E-state index is 3.61. The average Bonchev–Trinajstić information content (AvgIpc) is 1.98. The molecule has 2 heteroatoms. The van der Waals surface area contributed by atoms with Crippen LogP contribution in [0.1, 0.15) is 34.6 Å². The molecule has 0 radical (unpaired) electrons. The minimum Gasteiger partial charge on any atom is -0.316 e. The third-order valence-corrected chi connectivity index (χ3v) is 4.01. The first-order valence-corrected chi connectivity index (χ1v) is 6.32.